The largest absolute Gasteiger partial charge is 0.384 e. The second-order valence-corrected chi connectivity index (χ2v) is 4.24. The van der Waals surface area contributed by atoms with Crippen LogP contribution in [0.2, 0.25) is 0 Å². The first kappa shape index (κ1) is 12.2. The monoisotopic (exact) mass is 240 g/mol. The third-order valence-electron chi connectivity index (χ3n) is 2.76. The lowest BCUT2D eigenvalue weighted by Crippen LogP contribution is -2.06. The number of hydrogen-bond donors (Lipinski definition) is 1. The number of aryl methyl sites for hydroxylation is 2. The highest BCUT2D eigenvalue weighted by Crippen LogP contribution is 2.16. The van der Waals surface area contributed by atoms with Crippen LogP contribution in [0.3, 0.4) is 0 Å². The maximum atomic E-state index is 9.05. The van der Waals surface area contributed by atoms with Gasteiger partial charge < -0.3 is 9.88 Å². The first-order valence-electron chi connectivity index (χ1n) is 6.00. The van der Waals surface area contributed by atoms with Crippen molar-refractivity contribution in [1.29, 1.82) is 5.26 Å². The Kier molecular flexibility index (Phi) is 3.98. The molecule has 0 bridgehead atoms. The van der Waals surface area contributed by atoms with E-state index in [1.807, 2.05) is 42.2 Å². The molecule has 0 amide bonds. The summed E-state index contributed by atoms with van der Waals surface area (Å²) in [5.41, 5.74) is 2.72. The summed E-state index contributed by atoms with van der Waals surface area (Å²) in [5, 5.41) is 12.3. The molecule has 4 nitrogen and oxygen atoms in total. The first-order chi connectivity index (χ1) is 8.79. The van der Waals surface area contributed by atoms with E-state index < -0.39 is 0 Å². The van der Waals surface area contributed by atoms with Crippen LogP contribution in [0.15, 0.2) is 36.9 Å². The zero-order valence-corrected chi connectivity index (χ0v) is 10.4. The first-order valence-corrected chi connectivity index (χ1v) is 6.00. The van der Waals surface area contributed by atoms with E-state index in [4.69, 9.17) is 5.26 Å². The van der Waals surface area contributed by atoms with Crippen molar-refractivity contribution in [1.82, 2.24) is 9.55 Å². The van der Waals surface area contributed by atoms with Crippen LogP contribution in [0.5, 0.6) is 0 Å². The Balaban J connectivity index is 1.85. The van der Waals surface area contributed by atoms with Crippen LogP contribution in [-0.2, 0) is 6.54 Å². The standard InChI is InChI=1S/C14H16N4/c1-12-3-4-14(13(9-12)10-15)17-5-2-7-18-8-6-16-11-18/h3-4,6,8-9,11,17H,2,5,7H2,1H3. The van der Waals surface area contributed by atoms with Crippen molar-refractivity contribution < 1.29 is 0 Å². The van der Waals surface area contributed by atoms with E-state index in [2.05, 4.69) is 16.4 Å². The summed E-state index contributed by atoms with van der Waals surface area (Å²) < 4.78 is 2.04. The van der Waals surface area contributed by atoms with Gasteiger partial charge in [0.05, 0.1) is 17.6 Å². The highest BCUT2D eigenvalue weighted by molar-refractivity contribution is 5.58. The number of imidazole rings is 1. The molecule has 1 N–H and O–H groups in total. The summed E-state index contributed by atoms with van der Waals surface area (Å²) in [6, 6.07) is 8.09. The summed E-state index contributed by atoms with van der Waals surface area (Å²) in [4.78, 5) is 4.00. The second kappa shape index (κ2) is 5.87. The van der Waals surface area contributed by atoms with Gasteiger partial charge in [0.2, 0.25) is 0 Å². The number of nitrogens with zero attached hydrogens (tertiary/aromatic N) is 3. The van der Waals surface area contributed by atoms with Crippen LogP contribution in [0.25, 0.3) is 0 Å². The third kappa shape index (κ3) is 3.11. The fourth-order valence-corrected chi connectivity index (χ4v) is 1.81. The van der Waals surface area contributed by atoms with E-state index in [1.54, 1.807) is 6.20 Å². The van der Waals surface area contributed by atoms with E-state index in [1.165, 1.54) is 0 Å². The van der Waals surface area contributed by atoms with E-state index in [9.17, 15) is 0 Å². The van der Waals surface area contributed by atoms with Crippen LogP contribution < -0.4 is 5.32 Å². The molecule has 4 heteroatoms. The molecule has 18 heavy (non-hydrogen) atoms. The van der Waals surface area contributed by atoms with Crippen molar-refractivity contribution >= 4 is 5.69 Å². The Hall–Kier alpha value is -2.28. The van der Waals surface area contributed by atoms with Crippen molar-refractivity contribution in [3.8, 4) is 6.07 Å². The minimum Gasteiger partial charge on any atom is -0.384 e. The molecule has 92 valence electrons. The molecule has 0 atom stereocenters. The molecule has 0 aliphatic rings. The summed E-state index contributed by atoms with van der Waals surface area (Å²) >= 11 is 0. The van der Waals surface area contributed by atoms with Gasteiger partial charge in [0.15, 0.2) is 0 Å². The van der Waals surface area contributed by atoms with Gasteiger partial charge in [0.1, 0.15) is 6.07 Å². The number of anilines is 1. The van der Waals surface area contributed by atoms with E-state index in [-0.39, 0.29) is 0 Å². The molecule has 1 aromatic carbocycles. The molecule has 0 saturated heterocycles. The van der Waals surface area contributed by atoms with Crippen molar-refractivity contribution in [3.63, 3.8) is 0 Å². The Labute approximate surface area is 107 Å². The maximum absolute atomic E-state index is 9.05. The van der Waals surface area contributed by atoms with Crippen LogP contribution in [0, 0.1) is 18.3 Å². The molecule has 2 aromatic rings. The van der Waals surface area contributed by atoms with Crippen molar-refractivity contribution in [2.75, 3.05) is 11.9 Å². The predicted octanol–water partition coefficient (Wildman–Crippen LogP) is 2.57. The third-order valence-corrected chi connectivity index (χ3v) is 2.76. The number of nitrogens with one attached hydrogen (secondary N) is 1. The molecular formula is C14H16N4. The molecule has 0 aliphatic carbocycles. The van der Waals surface area contributed by atoms with Crippen LogP contribution in [-0.4, -0.2) is 16.1 Å². The second-order valence-electron chi connectivity index (χ2n) is 4.24. The number of rotatable bonds is 5. The average molecular weight is 240 g/mol. The van der Waals surface area contributed by atoms with Gasteiger partial charge >= 0.3 is 0 Å². The summed E-state index contributed by atoms with van der Waals surface area (Å²) in [6.07, 6.45) is 6.54. The quantitative estimate of drug-likeness (QED) is 0.817. The van der Waals surface area contributed by atoms with Crippen LogP contribution in [0.1, 0.15) is 17.5 Å². The molecule has 0 unspecified atom stereocenters. The fourth-order valence-electron chi connectivity index (χ4n) is 1.81. The zero-order valence-electron chi connectivity index (χ0n) is 10.4. The van der Waals surface area contributed by atoms with Gasteiger partial charge in [-0.15, -0.1) is 0 Å². The zero-order chi connectivity index (χ0) is 12.8. The topological polar surface area (TPSA) is 53.6 Å². The molecule has 0 aliphatic heterocycles. The lowest BCUT2D eigenvalue weighted by molar-refractivity contribution is 0.661. The Morgan fingerprint density at radius 1 is 1.44 bits per heavy atom. The smallest absolute Gasteiger partial charge is 0.101 e. The van der Waals surface area contributed by atoms with Gasteiger partial charge in [-0.25, -0.2) is 4.98 Å². The van der Waals surface area contributed by atoms with Gasteiger partial charge in [-0.2, -0.15) is 5.26 Å². The van der Waals surface area contributed by atoms with Crippen molar-refractivity contribution in [2.24, 2.45) is 0 Å². The maximum Gasteiger partial charge on any atom is 0.101 e. The Morgan fingerprint density at radius 2 is 2.33 bits per heavy atom. The van der Waals surface area contributed by atoms with Crippen molar-refractivity contribution in [2.45, 2.75) is 19.9 Å². The summed E-state index contributed by atoms with van der Waals surface area (Å²) in [5.74, 6) is 0. The molecular weight excluding hydrogens is 224 g/mol. The highest BCUT2D eigenvalue weighted by atomic mass is 15.0. The number of hydrogen-bond acceptors (Lipinski definition) is 3. The average Bonchev–Trinajstić information content (AvgIpc) is 2.89. The van der Waals surface area contributed by atoms with Gasteiger partial charge in [-0.1, -0.05) is 6.07 Å². The van der Waals surface area contributed by atoms with Crippen LogP contribution >= 0.6 is 0 Å². The van der Waals surface area contributed by atoms with Gasteiger partial charge in [-0.3, -0.25) is 0 Å². The molecule has 0 radical (unpaired) electrons. The Morgan fingerprint density at radius 3 is 3.06 bits per heavy atom. The minimum atomic E-state index is 0.706. The van der Waals surface area contributed by atoms with E-state index >= 15 is 0 Å². The lowest BCUT2D eigenvalue weighted by Gasteiger charge is -2.09. The lowest BCUT2D eigenvalue weighted by atomic mass is 10.1. The molecule has 1 aromatic heterocycles. The normalized spacial score (nSPS) is 10.0. The molecule has 0 fully saturated rings. The molecule has 1 heterocycles. The summed E-state index contributed by atoms with van der Waals surface area (Å²) in [6.45, 7) is 3.76. The predicted molar refractivity (Wildman–Crippen MR) is 71.2 cm³/mol. The van der Waals surface area contributed by atoms with Gasteiger partial charge in [0.25, 0.3) is 0 Å². The summed E-state index contributed by atoms with van der Waals surface area (Å²) in [7, 11) is 0. The Bertz CT molecular complexity index is 537. The molecule has 0 spiro atoms. The molecule has 2 rings (SSSR count). The number of nitriles is 1. The van der Waals surface area contributed by atoms with Crippen molar-refractivity contribution in [3.05, 3.63) is 48.0 Å². The van der Waals surface area contributed by atoms with E-state index in [0.717, 1.165) is 30.8 Å². The number of aromatic nitrogens is 2. The molecule has 0 saturated carbocycles. The fraction of sp³-hybridized carbons (Fsp3) is 0.286. The highest BCUT2D eigenvalue weighted by Gasteiger charge is 2.01. The van der Waals surface area contributed by atoms with Gasteiger partial charge in [0, 0.05) is 25.5 Å². The van der Waals surface area contributed by atoms with E-state index in [0.29, 0.717) is 5.56 Å². The number of benzene rings is 1. The van der Waals surface area contributed by atoms with Gasteiger partial charge in [-0.05, 0) is 31.0 Å². The van der Waals surface area contributed by atoms with Crippen LogP contribution in [0.4, 0.5) is 5.69 Å². The minimum absolute atomic E-state index is 0.706. The SMILES string of the molecule is Cc1ccc(NCCCn2ccnc2)c(C#N)c1.